The third kappa shape index (κ3) is 9.91. The molecule has 7 heteroatoms. The molecule has 5 N–H and O–H groups in total. The summed E-state index contributed by atoms with van der Waals surface area (Å²) in [5, 5.41) is 13.7. The number of unbranched alkanes of at least 4 members (excludes halogenated alkanes) is 1. The molecule has 0 aliphatic rings. The van der Waals surface area contributed by atoms with Crippen LogP contribution >= 0.6 is 0 Å². The van der Waals surface area contributed by atoms with Gasteiger partial charge in [0.2, 0.25) is 11.8 Å². The number of hydrogen-bond acceptors (Lipinski definition) is 4. The number of carbonyl (C=O) groups excluding carboxylic acids is 2. The molecule has 0 saturated carbocycles. The SMILES string of the molecule is C#CCNC(=O)CCC(=O)NCCCC[C@@H](N)C(=O)O. The first-order valence-electron chi connectivity index (χ1n) is 6.42. The maximum atomic E-state index is 11.4. The largest absolute Gasteiger partial charge is 0.480 e. The van der Waals surface area contributed by atoms with Crippen LogP contribution in [0, 0.1) is 12.3 Å². The van der Waals surface area contributed by atoms with E-state index < -0.39 is 12.0 Å². The molecule has 0 aromatic heterocycles. The summed E-state index contributed by atoms with van der Waals surface area (Å²) in [6.07, 6.45) is 6.82. The van der Waals surface area contributed by atoms with Crippen molar-refractivity contribution in [3.8, 4) is 12.3 Å². The molecule has 0 saturated heterocycles. The van der Waals surface area contributed by atoms with Crippen molar-refractivity contribution in [1.29, 1.82) is 0 Å². The molecule has 0 aromatic rings. The summed E-state index contributed by atoms with van der Waals surface area (Å²) in [6.45, 7) is 0.599. The summed E-state index contributed by atoms with van der Waals surface area (Å²) >= 11 is 0. The Morgan fingerprint density at radius 3 is 2.30 bits per heavy atom. The van der Waals surface area contributed by atoms with Crippen molar-refractivity contribution in [3.05, 3.63) is 0 Å². The zero-order valence-electron chi connectivity index (χ0n) is 11.4. The van der Waals surface area contributed by atoms with Gasteiger partial charge in [0, 0.05) is 19.4 Å². The Balaban J connectivity index is 3.52. The van der Waals surface area contributed by atoms with Gasteiger partial charge in [-0.1, -0.05) is 5.92 Å². The first-order valence-corrected chi connectivity index (χ1v) is 6.42. The fourth-order valence-electron chi connectivity index (χ4n) is 1.39. The summed E-state index contributed by atoms with van der Waals surface area (Å²) in [7, 11) is 0. The molecule has 0 spiro atoms. The first-order chi connectivity index (χ1) is 9.47. The van der Waals surface area contributed by atoms with E-state index in [0.717, 1.165) is 0 Å². The van der Waals surface area contributed by atoms with Gasteiger partial charge in [-0.15, -0.1) is 6.42 Å². The molecule has 0 bridgehead atoms. The molecular weight excluding hydrogens is 262 g/mol. The predicted octanol–water partition coefficient (Wildman–Crippen LogP) is -0.786. The topological polar surface area (TPSA) is 122 Å². The van der Waals surface area contributed by atoms with Crippen LogP contribution in [0.2, 0.25) is 0 Å². The van der Waals surface area contributed by atoms with Crippen molar-refractivity contribution in [3.63, 3.8) is 0 Å². The van der Waals surface area contributed by atoms with Crippen molar-refractivity contribution < 1.29 is 19.5 Å². The van der Waals surface area contributed by atoms with Crippen LogP contribution in [0.3, 0.4) is 0 Å². The third-order valence-electron chi connectivity index (χ3n) is 2.55. The highest BCUT2D eigenvalue weighted by Crippen LogP contribution is 1.98. The lowest BCUT2D eigenvalue weighted by Crippen LogP contribution is -2.30. The van der Waals surface area contributed by atoms with Crippen molar-refractivity contribution in [2.45, 2.75) is 38.1 Å². The second-order valence-corrected chi connectivity index (χ2v) is 4.27. The van der Waals surface area contributed by atoms with E-state index >= 15 is 0 Å². The molecule has 0 rings (SSSR count). The fourth-order valence-corrected chi connectivity index (χ4v) is 1.39. The average Bonchev–Trinajstić information content (AvgIpc) is 2.41. The van der Waals surface area contributed by atoms with Gasteiger partial charge < -0.3 is 21.5 Å². The van der Waals surface area contributed by atoms with Crippen LogP contribution < -0.4 is 16.4 Å². The van der Waals surface area contributed by atoms with E-state index in [1.165, 1.54) is 0 Å². The molecule has 112 valence electrons. The first kappa shape index (κ1) is 17.9. The number of nitrogens with one attached hydrogen (secondary N) is 2. The number of terminal acetylenes is 1. The minimum atomic E-state index is -1.02. The molecule has 0 unspecified atom stereocenters. The molecule has 0 aromatic carbocycles. The molecule has 0 fully saturated rings. The predicted molar refractivity (Wildman–Crippen MR) is 73.5 cm³/mol. The third-order valence-corrected chi connectivity index (χ3v) is 2.55. The maximum Gasteiger partial charge on any atom is 0.320 e. The second kappa shape index (κ2) is 10.8. The van der Waals surface area contributed by atoms with Gasteiger partial charge in [0.05, 0.1) is 6.54 Å². The van der Waals surface area contributed by atoms with E-state index in [4.69, 9.17) is 17.3 Å². The van der Waals surface area contributed by atoms with E-state index in [1.807, 2.05) is 0 Å². The summed E-state index contributed by atoms with van der Waals surface area (Å²) in [5.74, 6) is 0.768. The van der Waals surface area contributed by atoms with Gasteiger partial charge in [-0.25, -0.2) is 0 Å². The molecular formula is C13H21N3O4. The monoisotopic (exact) mass is 283 g/mol. The highest BCUT2D eigenvalue weighted by molar-refractivity contribution is 5.83. The number of rotatable bonds is 10. The van der Waals surface area contributed by atoms with E-state index in [9.17, 15) is 14.4 Å². The van der Waals surface area contributed by atoms with Gasteiger partial charge in [-0.2, -0.15) is 0 Å². The Morgan fingerprint density at radius 1 is 1.15 bits per heavy atom. The number of hydrogen-bond donors (Lipinski definition) is 4. The summed E-state index contributed by atoms with van der Waals surface area (Å²) in [6, 6.07) is -0.856. The number of carboxylic acids is 1. The van der Waals surface area contributed by atoms with Gasteiger partial charge in [0.15, 0.2) is 0 Å². The molecule has 2 amide bonds. The number of carbonyl (C=O) groups is 3. The fraction of sp³-hybridized carbons (Fsp3) is 0.615. The molecule has 7 nitrogen and oxygen atoms in total. The average molecular weight is 283 g/mol. The van der Waals surface area contributed by atoms with Crippen LogP contribution in [0.5, 0.6) is 0 Å². The highest BCUT2D eigenvalue weighted by atomic mass is 16.4. The minimum Gasteiger partial charge on any atom is -0.480 e. The lowest BCUT2D eigenvalue weighted by Gasteiger charge is -2.07. The summed E-state index contributed by atoms with van der Waals surface area (Å²) in [5.41, 5.74) is 5.33. The minimum absolute atomic E-state index is 0.0946. The quantitative estimate of drug-likeness (QED) is 0.309. The van der Waals surface area contributed by atoms with Gasteiger partial charge >= 0.3 is 5.97 Å². The van der Waals surface area contributed by atoms with E-state index in [0.29, 0.717) is 25.8 Å². The van der Waals surface area contributed by atoms with Crippen molar-refractivity contribution in [1.82, 2.24) is 10.6 Å². The van der Waals surface area contributed by atoms with Crippen LogP contribution in [0.4, 0.5) is 0 Å². The summed E-state index contributed by atoms with van der Waals surface area (Å²) < 4.78 is 0. The Bertz CT molecular complexity index is 376. The van der Waals surface area contributed by atoms with Crippen LogP contribution in [0.25, 0.3) is 0 Å². The number of carboxylic acid groups (broad SMARTS) is 1. The number of aliphatic carboxylic acids is 1. The standard InChI is InChI=1S/C13H21N3O4/c1-2-8-15-11(17)6-7-12(18)16-9-4-3-5-10(14)13(19)20/h1,10H,3-9,14H2,(H,15,17)(H,16,18)(H,19,20)/t10-/m1/s1. The van der Waals surface area contributed by atoms with E-state index in [2.05, 4.69) is 16.6 Å². The van der Waals surface area contributed by atoms with Gasteiger partial charge in [-0.3, -0.25) is 14.4 Å². The molecule has 20 heavy (non-hydrogen) atoms. The highest BCUT2D eigenvalue weighted by Gasteiger charge is 2.10. The smallest absolute Gasteiger partial charge is 0.320 e. The zero-order chi connectivity index (χ0) is 15.4. The van der Waals surface area contributed by atoms with E-state index in [-0.39, 0.29) is 31.2 Å². The van der Waals surface area contributed by atoms with Crippen LogP contribution in [-0.2, 0) is 14.4 Å². The number of nitrogens with two attached hydrogens (primary N) is 1. The van der Waals surface area contributed by atoms with Crippen molar-refractivity contribution in [2.75, 3.05) is 13.1 Å². The van der Waals surface area contributed by atoms with Crippen molar-refractivity contribution in [2.24, 2.45) is 5.73 Å². The zero-order valence-corrected chi connectivity index (χ0v) is 11.4. The maximum absolute atomic E-state index is 11.4. The molecule has 0 aliphatic carbocycles. The molecule has 1 atom stereocenters. The van der Waals surface area contributed by atoms with Gasteiger partial charge in [0.25, 0.3) is 0 Å². The Labute approximate surface area is 118 Å². The van der Waals surface area contributed by atoms with E-state index in [1.54, 1.807) is 0 Å². The second-order valence-electron chi connectivity index (χ2n) is 4.27. The van der Waals surface area contributed by atoms with Gasteiger partial charge in [-0.05, 0) is 19.3 Å². The Hall–Kier alpha value is -2.07. The van der Waals surface area contributed by atoms with Crippen LogP contribution in [0.1, 0.15) is 32.1 Å². The number of amides is 2. The lowest BCUT2D eigenvalue weighted by molar-refractivity contribution is -0.138. The molecule has 0 heterocycles. The molecule has 0 aliphatic heterocycles. The van der Waals surface area contributed by atoms with Crippen LogP contribution in [0.15, 0.2) is 0 Å². The van der Waals surface area contributed by atoms with Crippen molar-refractivity contribution >= 4 is 17.8 Å². The Morgan fingerprint density at radius 2 is 1.75 bits per heavy atom. The molecule has 0 radical (unpaired) electrons. The Kier molecular flexibility index (Phi) is 9.70. The lowest BCUT2D eigenvalue weighted by atomic mass is 10.1. The van der Waals surface area contributed by atoms with Gasteiger partial charge in [0.1, 0.15) is 6.04 Å². The normalized spacial score (nSPS) is 11.2. The summed E-state index contributed by atoms with van der Waals surface area (Å²) in [4.78, 5) is 33.0. The van der Waals surface area contributed by atoms with Crippen LogP contribution in [-0.4, -0.2) is 42.0 Å².